The van der Waals surface area contributed by atoms with Gasteiger partial charge in [0, 0.05) is 10.8 Å². The SMILES string of the molecule is C/C(C(=O)C(C)(C)C)=C(\C)C(=O)C(C)(C)C. The first-order valence-corrected chi connectivity index (χ1v) is 5.66. The zero-order valence-corrected chi connectivity index (χ0v) is 11.8. The second kappa shape index (κ2) is 4.52. The van der Waals surface area contributed by atoms with E-state index in [0.717, 1.165) is 0 Å². The maximum atomic E-state index is 12.0. The average Bonchev–Trinajstić information content (AvgIpc) is 2.10. The summed E-state index contributed by atoms with van der Waals surface area (Å²) in [5.41, 5.74) is 0.326. The van der Waals surface area contributed by atoms with E-state index in [2.05, 4.69) is 0 Å². The smallest absolute Gasteiger partial charge is 0.164 e. The van der Waals surface area contributed by atoms with Gasteiger partial charge in [0.1, 0.15) is 0 Å². The zero-order valence-electron chi connectivity index (χ0n) is 11.8. The molecule has 0 fully saturated rings. The third-order valence-electron chi connectivity index (χ3n) is 2.61. The molecule has 0 aromatic carbocycles. The van der Waals surface area contributed by atoms with Gasteiger partial charge < -0.3 is 0 Å². The lowest BCUT2D eigenvalue weighted by Gasteiger charge is -2.22. The summed E-state index contributed by atoms with van der Waals surface area (Å²) >= 11 is 0. The number of hydrogen-bond acceptors (Lipinski definition) is 2. The number of allylic oxidation sites excluding steroid dienone is 2. The number of Topliss-reactive ketones (excluding diaryl/α,β-unsaturated/α-hetero) is 2. The normalized spacial score (nSPS) is 14.5. The molecule has 0 saturated carbocycles. The van der Waals surface area contributed by atoms with Gasteiger partial charge in [-0.2, -0.15) is 0 Å². The van der Waals surface area contributed by atoms with Crippen LogP contribution >= 0.6 is 0 Å². The molecule has 2 heteroatoms. The van der Waals surface area contributed by atoms with Gasteiger partial charge in [-0.25, -0.2) is 0 Å². The Morgan fingerprint density at radius 2 is 0.812 bits per heavy atom. The standard InChI is InChI=1S/C14H24O2/c1-9(11(15)13(3,4)5)10(2)12(16)14(6,7)8/h1-8H3/b10-9-. The molecule has 16 heavy (non-hydrogen) atoms. The first-order valence-electron chi connectivity index (χ1n) is 5.66. The van der Waals surface area contributed by atoms with Crippen molar-refractivity contribution in [2.45, 2.75) is 55.4 Å². The minimum Gasteiger partial charge on any atom is -0.294 e. The molecule has 0 aliphatic rings. The Morgan fingerprint density at radius 3 is 0.938 bits per heavy atom. The van der Waals surface area contributed by atoms with E-state index in [0.29, 0.717) is 11.1 Å². The molecule has 0 aromatic rings. The molecule has 0 N–H and O–H groups in total. The molecule has 0 atom stereocenters. The summed E-state index contributed by atoms with van der Waals surface area (Å²) < 4.78 is 0. The fourth-order valence-electron chi connectivity index (χ4n) is 1.47. The van der Waals surface area contributed by atoms with Crippen molar-refractivity contribution in [1.29, 1.82) is 0 Å². The molecule has 0 aliphatic carbocycles. The maximum absolute atomic E-state index is 12.0. The summed E-state index contributed by atoms with van der Waals surface area (Å²) in [4.78, 5) is 24.1. The Morgan fingerprint density at radius 1 is 0.625 bits per heavy atom. The second-order valence-corrected chi connectivity index (χ2v) is 6.41. The van der Waals surface area contributed by atoms with Gasteiger partial charge in [-0.05, 0) is 25.0 Å². The molecule has 0 unspecified atom stereocenters. The highest BCUT2D eigenvalue weighted by Gasteiger charge is 2.29. The average molecular weight is 224 g/mol. The van der Waals surface area contributed by atoms with E-state index in [-0.39, 0.29) is 11.6 Å². The third-order valence-corrected chi connectivity index (χ3v) is 2.61. The van der Waals surface area contributed by atoms with Crippen molar-refractivity contribution in [2.24, 2.45) is 10.8 Å². The van der Waals surface area contributed by atoms with Gasteiger partial charge in [-0.1, -0.05) is 41.5 Å². The summed E-state index contributed by atoms with van der Waals surface area (Å²) in [6, 6.07) is 0. The van der Waals surface area contributed by atoms with Crippen LogP contribution in [0.2, 0.25) is 0 Å². The van der Waals surface area contributed by atoms with Crippen molar-refractivity contribution in [3.8, 4) is 0 Å². The van der Waals surface area contributed by atoms with Gasteiger partial charge >= 0.3 is 0 Å². The molecule has 0 radical (unpaired) electrons. The van der Waals surface area contributed by atoms with Crippen LogP contribution < -0.4 is 0 Å². The minimum atomic E-state index is -0.427. The highest BCUT2D eigenvalue weighted by molar-refractivity contribution is 6.08. The molecule has 0 heterocycles. The summed E-state index contributed by atoms with van der Waals surface area (Å²) in [5.74, 6) is 0.0881. The van der Waals surface area contributed by atoms with E-state index in [1.165, 1.54) is 0 Å². The van der Waals surface area contributed by atoms with Gasteiger partial charge in [0.05, 0.1) is 0 Å². The number of rotatable bonds is 2. The van der Waals surface area contributed by atoms with E-state index in [1.807, 2.05) is 41.5 Å². The van der Waals surface area contributed by atoms with Crippen LogP contribution in [0.5, 0.6) is 0 Å². The summed E-state index contributed by atoms with van der Waals surface area (Å²) in [6.07, 6.45) is 0. The largest absolute Gasteiger partial charge is 0.294 e. The van der Waals surface area contributed by atoms with E-state index in [9.17, 15) is 9.59 Å². The van der Waals surface area contributed by atoms with Crippen molar-refractivity contribution < 1.29 is 9.59 Å². The predicted octanol–water partition coefficient (Wildman–Crippen LogP) is 3.55. The molecule has 0 rings (SSSR count). The van der Waals surface area contributed by atoms with Crippen LogP contribution in [0.1, 0.15) is 55.4 Å². The number of carbonyl (C=O) groups excluding carboxylic acids is 2. The highest BCUT2D eigenvalue weighted by atomic mass is 16.1. The second-order valence-electron chi connectivity index (χ2n) is 6.41. The Hall–Kier alpha value is -0.920. The van der Waals surface area contributed by atoms with Crippen LogP contribution in [-0.4, -0.2) is 11.6 Å². The van der Waals surface area contributed by atoms with Crippen LogP contribution in [-0.2, 0) is 9.59 Å². The topological polar surface area (TPSA) is 34.1 Å². The molecule has 0 spiro atoms. The van der Waals surface area contributed by atoms with Gasteiger partial charge in [-0.3, -0.25) is 9.59 Å². The first-order chi connectivity index (χ1) is 6.89. The molecule has 0 amide bonds. The lowest BCUT2D eigenvalue weighted by molar-refractivity contribution is -0.125. The van der Waals surface area contributed by atoms with Crippen LogP contribution in [0.25, 0.3) is 0 Å². The Kier molecular flexibility index (Phi) is 4.26. The Labute approximate surface area is 99.1 Å². The molecule has 92 valence electrons. The van der Waals surface area contributed by atoms with Crippen LogP contribution in [0.15, 0.2) is 11.1 Å². The minimum absolute atomic E-state index is 0.0441. The van der Waals surface area contributed by atoms with E-state index in [1.54, 1.807) is 13.8 Å². The van der Waals surface area contributed by atoms with Crippen LogP contribution in [0, 0.1) is 10.8 Å². The van der Waals surface area contributed by atoms with E-state index in [4.69, 9.17) is 0 Å². The number of carbonyl (C=O) groups is 2. The molecule has 0 aromatic heterocycles. The Balaban J connectivity index is 5.30. The van der Waals surface area contributed by atoms with Crippen molar-refractivity contribution in [3.63, 3.8) is 0 Å². The predicted molar refractivity (Wildman–Crippen MR) is 67.3 cm³/mol. The van der Waals surface area contributed by atoms with Crippen molar-refractivity contribution in [2.75, 3.05) is 0 Å². The quantitative estimate of drug-likeness (QED) is 0.672. The fraction of sp³-hybridized carbons (Fsp3) is 0.714. The number of ketones is 2. The monoisotopic (exact) mass is 224 g/mol. The van der Waals surface area contributed by atoms with E-state index >= 15 is 0 Å². The van der Waals surface area contributed by atoms with Crippen molar-refractivity contribution >= 4 is 11.6 Å². The summed E-state index contributed by atoms with van der Waals surface area (Å²) in [7, 11) is 0. The molecule has 0 saturated heterocycles. The first kappa shape index (κ1) is 15.1. The zero-order chi connectivity index (χ0) is 13.3. The van der Waals surface area contributed by atoms with Crippen molar-refractivity contribution in [1.82, 2.24) is 0 Å². The van der Waals surface area contributed by atoms with E-state index < -0.39 is 10.8 Å². The Bertz CT molecular complexity index is 299. The summed E-state index contributed by atoms with van der Waals surface area (Å²) in [5, 5.41) is 0. The molecular formula is C14H24O2. The molecular weight excluding hydrogens is 200 g/mol. The maximum Gasteiger partial charge on any atom is 0.164 e. The third kappa shape index (κ3) is 3.58. The van der Waals surface area contributed by atoms with Crippen molar-refractivity contribution in [3.05, 3.63) is 11.1 Å². The summed E-state index contributed by atoms with van der Waals surface area (Å²) in [6.45, 7) is 14.7. The van der Waals surface area contributed by atoms with Crippen LogP contribution in [0.4, 0.5) is 0 Å². The van der Waals surface area contributed by atoms with Crippen LogP contribution in [0.3, 0.4) is 0 Å². The molecule has 2 nitrogen and oxygen atoms in total. The molecule has 0 bridgehead atoms. The van der Waals surface area contributed by atoms with Gasteiger partial charge in [0.2, 0.25) is 0 Å². The lowest BCUT2D eigenvalue weighted by atomic mass is 9.80. The number of hydrogen-bond donors (Lipinski definition) is 0. The highest BCUT2D eigenvalue weighted by Crippen LogP contribution is 2.26. The fourth-order valence-corrected chi connectivity index (χ4v) is 1.47. The van der Waals surface area contributed by atoms with Gasteiger partial charge in [-0.15, -0.1) is 0 Å². The lowest BCUT2D eigenvalue weighted by Crippen LogP contribution is -2.26. The van der Waals surface area contributed by atoms with Gasteiger partial charge in [0.25, 0.3) is 0 Å². The van der Waals surface area contributed by atoms with Gasteiger partial charge in [0.15, 0.2) is 11.6 Å². The molecule has 0 aliphatic heterocycles.